The molecule has 0 radical (unpaired) electrons. The summed E-state index contributed by atoms with van der Waals surface area (Å²) in [5.41, 5.74) is 4.00. The molecule has 1 aromatic heterocycles. The van der Waals surface area contributed by atoms with Gasteiger partial charge in [0.05, 0.1) is 0 Å². The molecule has 110 valence electrons. The number of aromatic carboxylic acids is 1. The molecule has 4 heteroatoms. The number of aromatic nitrogens is 1. The molecule has 3 aromatic rings. The van der Waals surface area contributed by atoms with Crippen molar-refractivity contribution in [2.24, 2.45) is 0 Å². The van der Waals surface area contributed by atoms with E-state index in [9.17, 15) is 9.90 Å². The predicted molar refractivity (Wildman–Crippen MR) is 89.5 cm³/mol. The summed E-state index contributed by atoms with van der Waals surface area (Å²) in [4.78, 5) is 11.7. The van der Waals surface area contributed by atoms with E-state index < -0.39 is 5.97 Å². The van der Waals surface area contributed by atoms with Crippen molar-refractivity contribution in [1.29, 1.82) is 0 Å². The van der Waals surface area contributed by atoms with E-state index in [1.54, 1.807) is 6.07 Å². The quantitative estimate of drug-likeness (QED) is 0.738. The fraction of sp³-hybridized carbons (Fsp3) is 0.167. The Bertz CT molecular complexity index is 872. The summed E-state index contributed by atoms with van der Waals surface area (Å²) in [5.74, 6) is -0.872. The van der Waals surface area contributed by atoms with Crippen molar-refractivity contribution in [2.45, 2.75) is 18.9 Å². The number of rotatable bonds is 2. The third kappa shape index (κ3) is 2.06. The van der Waals surface area contributed by atoms with E-state index in [0.717, 1.165) is 28.2 Å². The van der Waals surface area contributed by atoms with Crippen LogP contribution in [0.4, 0.5) is 0 Å². The lowest BCUT2D eigenvalue weighted by Crippen LogP contribution is -2.15. The molecule has 0 bridgehead atoms. The molecule has 0 atom stereocenters. The van der Waals surface area contributed by atoms with Crippen molar-refractivity contribution in [3.8, 4) is 0 Å². The Morgan fingerprint density at radius 3 is 2.41 bits per heavy atom. The van der Waals surface area contributed by atoms with Gasteiger partial charge >= 0.3 is 5.97 Å². The van der Waals surface area contributed by atoms with E-state index in [2.05, 4.69) is 28.1 Å². The Labute approximate surface area is 136 Å². The third-order valence-corrected chi connectivity index (χ3v) is 4.91. The van der Waals surface area contributed by atoms with Crippen LogP contribution in [0.1, 0.15) is 27.7 Å². The zero-order valence-electron chi connectivity index (χ0n) is 11.8. The summed E-state index contributed by atoms with van der Waals surface area (Å²) < 4.78 is 2.95. The number of benzene rings is 2. The smallest absolute Gasteiger partial charge is 0.352 e. The van der Waals surface area contributed by atoms with Crippen LogP contribution >= 0.6 is 15.9 Å². The molecule has 1 aliphatic rings. The maximum atomic E-state index is 11.7. The molecule has 22 heavy (non-hydrogen) atoms. The van der Waals surface area contributed by atoms with Gasteiger partial charge in [0.2, 0.25) is 0 Å². The van der Waals surface area contributed by atoms with Gasteiger partial charge in [-0.3, -0.25) is 0 Å². The summed E-state index contributed by atoms with van der Waals surface area (Å²) in [6.07, 6.45) is 1.77. The summed E-state index contributed by atoms with van der Waals surface area (Å²) in [7, 11) is 0. The van der Waals surface area contributed by atoms with E-state index in [-0.39, 0.29) is 6.04 Å². The van der Waals surface area contributed by atoms with E-state index in [1.165, 1.54) is 11.1 Å². The van der Waals surface area contributed by atoms with Crippen LogP contribution in [0.15, 0.2) is 53.0 Å². The zero-order valence-corrected chi connectivity index (χ0v) is 13.4. The van der Waals surface area contributed by atoms with E-state index in [0.29, 0.717) is 5.69 Å². The molecule has 3 nitrogen and oxygen atoms in total. The topological polar surface area (TPSA) is 42.2 Å². The van der Waals surface area contributed by atoms with Crippen LogP contribution < -0.4 is 0 Å². The minimum absolute atomic E-state index is 0.169. The van der Waals surface area contributed by atoms with Crippen LogP contribution in [-0.2, 0) is 12.8 Å². The first-order chi connectivity index (χ1) is 10.6. The lowest BCUT2D eigenvalue weighted by molar-refractivity contribution is 0.0683. The first-order valence-electron chi connectivity index (χ1n) is 7.24. The van der Waals surface area contributed by atoms with Crippen molar-refractivity contribution in [3.63, 3.8) is 0 Å². The highest BCUT2D eigenvalue weighted by Crippen LogP contribution is 2.35. The first-order valence-corrected chi connectivity index (χ1v) is 8.03. The molecule has 0 aliphatic heterocycles. The fourth-order valence-corrected chi connectivity index (χ4v) is 3.86. The second-order valence-electron chi connectivity index (χ2n) is 5.74. The van der Waals surface area contributed by atoms with Gasteiger partial charge in [0.1, 0.15) is 5.69 Å². The Morgan fingerprint density at radius 2 is 1.77 bits per heavy atom. The standard InChI is InChI=1S/C18H14BrNO2/c19-14-5-6-16-13(7-14)10-17(18(21)22)20(16)15-8-11-3-1-2-4-12(11)9-15/h1-7,10,15H,8-9H2,(H,21,22). The molecule has 2 aromatic carbocycles. The number of carboxylic acids is 1. The van der Waals surface area contributed by atoms with Crippen molar-refractivity contribution in [1.82, 2.24) is 4.57 Å². The second-order valence-corrected chi connectivity index (χ2v) is 6.65. The highest BCUT2D eigenvalue weighted by Gasteiger charge is 2.27. The average molecular weight is 356 g/mol. The SMILES string of the molecule is O=C(O)c1cc2cc(Br)ccc2n1C1Cc2ccccc2C1. The lowest BCUT2D eigenvalue weighted by atomic mass is 10.1. The number of carbonyl (C=O) groups is 1. The first kappa shape index (κ1) is 13.6. The van der Waals surface area contributed by atoms with E-state index >= 15 is 0 Å². The largest absolute Gasteiger partial charge is 0.477 e. The maximum Gasteiger partial charge on any atom is 0.352 e. The third-order valence-electron chi connectivity index (χ3n) is 4.41. The molecule has 1 heterocycles. The van der Waals surface area contributed by atoms with Crippen molar-refractivity contribution < 1.29 is 9.90 Å². The van der Waals surface area contributed by atoms with Gasteiger partial charge in [0.15, 0.2) is 0 Å². The Hall–Kier alpha value is -2.07. The van der Waals surface area contributed by atoms with Gasteiger partial charge < -0.3 is 9.67 Å². The molecule has 1 N–H and O–H groups in total. The Morgan fingerprint density at radius 1 is 1.09 bits per heavy atom. The van der Waals surface area contributed by atoms with Crippen LogP contribution in [0.3, 0.4) is 0 Å². The maximum absolute atomic E-state index is 11.7. The molecular formula is C18H14BrNO2. The number of fused-ring (bicyclic) bond motifs is 2. The van der Waals surface area contributed by atoms with Crippen LogP contribution in [0.2, 0.25) is 0 Å². The monoisotopic (exact) mass is 355 g/mol. The molecule has 0 spiro atoms. The van der Waals surface area contributed by atoms with Crippen molar-refractivity contribution >= 4 is 32.8 Å². The summed E-state index contributed by atoms with van der Waals surface area (Å²) in [6.45, 7) is 0. The number of nitrogens with zero attached hydrogens (tertiary/aromatic N) is 1. The molecule has 0 saturated carbocycles. The normalized spacial score (nSPS) is 14.4. The summed E-state index contributed by atoms with van der Waals surface area (Å²) in [6, 6.07) is 16.2. The molecule has 0 fully saturated rings. The van der Waals surface area contributed by atoms with Gasteiger partial charge in [-0.1, -0.05) is 40.2 Å². The number of hydrogen-bond donors (Lipinski definition) is 1. The molecule has 1 aliphatic carbocycles. The highest BCUT2D eigenvalue weighted by atomic mass is 79.9. The minimum Gasteiger partial charge on any atom is -0.477 e. The van der Waals surface area contributed by atoms with E-state index in [1.807, 2.05) is 34.9 Å². The fourth-order valence-electron chi connectivity index (χ4n) is 3.48. The summed E-state index contributed by atoms with van der Waals surface area (Å²) >= 11 is 3.45. The van der Waals surface area contributed by atoms with Gasteiger partial charge in [0.25, 0.3) is 0 Å². The number of carboxylic acid groups (broad SMARTS) is 1. The van der Waals surface area contributed by atoms with Gasteiger partial charge in [0, 0.05) is 21.4 Å². The van der Waals surface area contributed by atoms with Crippen LogP contribution in [0, 0.1) is 0 Å². The lowest BCUT2D eigenvalue weighted by Gasteiger charge is -2.16. The molecular weight excluding hydrogens is 342 g/mol. The van der Waals surface area contributed by atoms with Gasteiger partial charge in [-0.2, -0.15) is 0 Å². The van der Waals surface area contributed by atoms with E-state index in [4.69, 9.17) is 0 Å². The molecule has 0 unspecified atom stereocenters. The van der Waals surface area contributed by atoms with Crippen LogP contribution in [0.5, 0.6) is 0 Å². The second kappa shape index (κ2) is 4.99. The number of hydrogen-bond acceptors (Lipinski definition) is 1. The Balaban J connectivity index is 1.88. The summed E-state index contributed by atoms with van der Waals surface area (Å²) in [5, 5.41) is 10.5. The predicted octanol–water partition coefficient (Wildman–Crippen LogP) is 4.44. The van der Waals surface area contributed by atoms with Crippen LogP contribution in [-0.4, -0.2) is 15.6 Å². The number of halogens is 1. The van der Waals surface area contributed by atoms with Crippen molar-refractivity contribution in [2.75, 3.05) is 0 Å². The van der Waals surface area contributed by atoms with Gasteiger partial charge in [-0.05, 0) is 48.2 Å². The van der Waals surface area contributed by atoms with Crippen molar-refractivity contribution in [3.05, 3.63) is 69.8 Å². The van der Waals surface area contributed by atoms with Gasteiger partial charge in [-0.15, -0.1) is 0 Å². The molecule has 0 saturated heterocycles. The van der Waals surface area contributed by atoms with Crippen LogP contribution in [0.25, 0.3) is 10.9 Å². The minimum atomic E-state index is -0.872. The molecule has 4 rings (SSSR count). The zero-order chi connectivity index (χ0) is 15.3. The van der Waals surface area contributed by atoms with Gasteiger partial charge in [-0.25, -0.2) is 4.79 Å². The Kier molecular flexibility index (Phi) is 3.08. The highest BCUT2D eigenvalue weighted by molar-refractivity contribution is 9.10. The molecule has 0 amide bonds. The average Bonchev–Trinajstić information content (AvgIpc) is 3.06.